The molecule has 0 fully saturated rings. The van der Waals surface area contributed by atoms with E-state index in [0.717, 1.165) is 0 Å². The smallest absolute Gasteiger partial charge is 0.343 e. The van der Waals surface area contributed by atoms with Crippen LogP contribution in [-0.2, 0) is 4.79 Å². The van der Waals surface area contributed by atoms with Gasteiger partial charge in [0.05, 0.1) is 23.4 Å². The van der Waals surface area contributed by atoms with Gasteiger partial charge in [-0.05, 0) is 70.5 Å². The normalized spacial score (nSPS) is 11.1. The van der Waals surface area contributed by atoms with E-state index in [1.54, 1.807) is 36.4 Å². The second-order valence-electron chi connectivity index (χ2n) is 9.40. The Morgan fingerprint density at radius 1 is 0.978 bits per heavy atom. The first-order valence-corrected chi connectivity index (χ1v) is 15.0. The second kappa shape index (κ2) is 13.6. The Hall–Kier alpha value is -4.52. The van der Waals surface area contributed by atoms with E-state index in [1.807, 2.05) is 0 Å². The summed E-state index contributed by atoms with van der Waals surface area (Å²) in [6.07, 6.45) is 1.30. The minimum absolute atomic E-state index is 0.113. The van der Waals surface area contributed by atoms with E-state index < -0.39 is 23.7 Å². The van der Waals surface area contributed by atoms with Crippen LogP contribution in [0.2, 0.25) is 5.02 Å². The van der Waals surface area contributed by atoms with E-state index in [-0.39, 0.29) is 28.5 Å². The Labute approximate surface area is 277 Å². The van der Waals surface area contributed by atoms with Crippen LogP contribution in [0, 0.1) is 5.82 Å². The highest BCUT2D eigenvalue weighted by Gasteiger charge is 2.22. The fourth-order valence-corrected chi connectivity index (χ4v) is 6.03. The van der Waals surface area contributed by atoms with Gasteiger partial charge in [0.1, 0.15) is 11.5 Å². The topological polar surface area (TPSA) is 119 Å². The number of hydrogen-bond donors (Lipinski definition) is 2. The summed E-state index contributed by atoms with van der Waals surface area (Å²) in [6.45, 7) is 1.25. The van der Waals surface area contributed by atoms with Crippen LogP contribution in [0.15, 0.2) is 86.8 Å². The summed E-state index contributed by atoms with van der Waals surface area (Å²) < 4.78 is 31.3. The molecule has 228 valence electrons. The lowest BCUT2D eigenvalue weighted by atomic mass is 10.0. The van der Waals surface area contributed by atoms with E-state index >= 15 is 0 Å². The van der Waals surface area contributed by atoms with Gasteiger partial charge in [-0.15, -0.1) is 0 Å². The standard InChI is InChI=1S/C32H21Br2ClFN3O6/c1-16(40)44-26-10-7-17(12-27(26)43-2)32(42)45-30-18(11-19(33)13-23(30)34)15-37-39-31(41)29-28(21-5-3-4-6-24(21)35)22-14-20(36)8-9-25(22)38-29/h3-15,38H,1-2H3,(H,39,41). The van der Waals surface area contributed by atoms with Crippen molar-refractivity contribution in [2.24, 2.45) is 5.10 Å². The minimum atomic E-state index is -0.737. The summed E-state index contributed by atoms with van der Waals surface area (Å²) >= 11 is 13.3. The molecule has 0 spiro atoms. The van der Waals surface area contributed by atoms with E-state index in [9.17, 15) is 18.8 Å². The molecule has 0 atom stereocenters. The number of ether oxygens (including phenoxy) is 3. The Kier molecular flexibility index (Phi) is 9.66. The van der Waals surface area contributed by atoms with Crippen molar-refractivity contribution in [1.82, 2.24) is 10.4 Å². The van der Waals surface area contributed by atoms with Crippen molar-refractivity contribution in [1.29, 1.82) is 0 Å². The molecule has 2 N–H and O–H groups in total. The van der Waals surface area contributed by atoms with Crippen LogP contribution in [0.1, 0.15) is 33.3 Å². The first-order valence-electron chi connectivity index (χ1n) is 13.0. The van der Waals surface area contributed by atoms with Crippen molar-refractivity contribution in [3.05, 3.63) is 109 Å². The van der Waals surface area contributed by atoms with Crippen LogP contribution in [0.3, 0.4) is 0 Å². The number of aromatic nitrogens is 1. The number of halogens is 4. The van der Waals surface area contributed by atoms with Crippen molar-refractivity contribution in [3.63, 3.8) is 0 Å². The van der Waals surface area contributed by atoms with Gasteiger partial charge in [0.25, 0.3) is 5.91 Å². The molecule has 0 aliphatic heterocycles. The number of esters is 2. The van der Waals surface area contributed by atoms with Gasteiger partial charge in [-0.1, -0.05) is 45.7 Å². The molecular formula is C32H21Br2ClFN3O6. The maximum absolute atomic E-state index is 14.2. The minimum Gasteiger partial charge on any atom is -0.493 e. The lowest BCUT2D eigenvalue weighted by Gasteiger charge is -2.12. The van der Waals surface area contributed by atoms with Crippen molar-refractivity contribution in [3.8, 4) is 28.4 Å². The van der Waals surface area contributed by atoms with Crippen LogP contribution in [0.25, 0.3) is 22.0 Å². The summed E-state index contributed by atoms with van der Waals surface area (Å²) in [5.74, 6) is -1.95. The molecule has 0 saturated carbocycles. The number of hydrogen-bond acceptors (Lipinski definition) is 7. The number of H-pyrrole nitrogens is 1. The van der Waals surface area contributed by atoms with Gasteiger partial charge in [-0.3, -0.25) is 9.59 Å². The molecule has 0 bridgehead atoms. The van der Waals surface area contributed by atoms with Crippen LogP contribution >= 0.6 is 43.5 Å². The number of rotatable bonds is 8. The van der Waals surface area contributed by atoms with E-state index in [4.69, 9.17) is 25.8 Å². The highest BCUT2D eigenvalue weighted by atomic mass is 79.9. The monoisotopic (exact) mass is 755 g/mol. The van der Waals surface area contributed by atoms with E-state index in [1.165, 1.54) is 56.6 Å². The number of nitrogens with one attached hydrogen (secondary N) is 2. The third kappa shape index (κ3) is 7.08. The lowest BCUT2D eigenvalue weighted by molar-refractivity contribution is -0.132. The van der Waals surface area contributed by atoms with Crippen molar-refractivity contribution < 1.29 is 33.0 Å². The fraction of sp³-hybridized carbons (Fsp3) is 0.0625. The quantitative estimate of drug-likeness (QED) is 0.0716. The number of nitrogens with zero attached hydrogens (tertiary/aromatic N) is 1. The van der Waals surface area contributed by atoms with Crippen LogP contribution in [-0.4, -0.2) is 36.2 Å². The number of aromatic amines is 1. The highest BCUT2D eigenvalue weighted by molar-refractivity contribution is 9.11. The van der Waals surface area contributed by atoms with Crippen LogP contribution in [0.4, 0.5) is 4.39 Å². The predicted octanol–water partition coefficient (Wildman–Crippen LogP) is 8.07. The molecule has 45 heavy (non-hydrogen) atoms. The van der Waals surface area contributed by atoms with Gasteiger partial charge in [-0.2, -0.15) is 5.10 Å². The zero-order chi connectivity index (χ0) is 32.2. The molecule has 0 aliphatic rings. The van der Waals surface area contributed by atoms with Crippen LogP contribution < -0.4 is 19.6 Å². The Morgan fingerprint density at radius 3 is 2.49 bits per heavy atom. The molecule has 1 amide bonds. The average molecular weight is 758 g/mol. The third-order valence-electron chi connectivity index (χ3n) is 6.39. The maximum Gasteiger partial charge on any atom is 0.343 e. The van der Waals surface area contributed by atoms with Gasteiger partial charge in [0.15, 0.2) is 17.2 Å². The molecule has 5 rings (SSSR count). The number of amides is 1. The van der Waals surface area contributed by atoms with Gasteiger partial charge in [-0.25, -0.2) is 14.6 Å². The average Bonchev–Trinajstić information content (AvgIpc) is 3.37. The zero-order valence-corrected chi connectivity index (χ0v) is 27.3. The summed E-state index contributed by atoms with van der Waals surface area (Å²) in [4.78, 5) is 40.9. The first kappa shape index (κ1) is 31.9. The fourth-order valence-electron chi connectivity index (χ4n) is 4.46. The molecule has 4 aromatic carbocycles. The number of fused-ring (bicyclic) bond motifs is 1. The van der Waals surface area contributed by atoms with E-state index in [0.29, 0.717) is 41.6 Å². The maximum atomic E-state index is 14.2. The molecule has 5 aromatic rings. The van der Waals surface area contributed by atoms with Crippen molar-refractivity contribution in [2.75, 3.05) is 7.11 Å². The summed E-state index contributed by atoms with van der Waals surface area (Å²) in [6, 6.07) is 18.6. The van der Waals surface area contributed by atoms with Crippen molar-refractivity contribution >= 4 is 78.4 Å². The third-order valence-corrected chi connectivity index (χ3v) is 7.76. The van der Waals surface area contributed by atoms with Crippen molar-refractivity contribution in [2.45, 2.75) is 6.92 Å². The molecular weight excluding hydrogens is 737 g/mol. The number of carbonyl (C=O) groups excluding carboxylic acids is 3. The van der Waals surface area contributed by atoms with Gasteiger partial charge in [0.2, 0.25) is 0 Å². The summed E-state index contributed by atoms with van der Waals surface area (Å²) in [5, 5.41) is 4.95. The highest BCUT2D eigenvalue weighted by Crippen LogP contribution is 2.37. The molecule has 0 saturated heterocycles. The predicted molar refractivity (Wildman–Crippen MR) is 175 cm³/mol. The summed E-state index contributed by atoms with van der Waals surface area (Å²) in [5.41, 5.74) is 4.53. The number of hydrazone groups is 1. The molecule has 0 radical (unpaired) electrons. The largest absolute Gasteiger partial charge is 0.493 e. The van der Waals surface area contributed by atoms with Gasteiger partial charge < -0.3 is 19.2 Å². The summed E-state index contributed by atoms with van der Waals surface area (Å²) in [7, 11) is 1.37. The van der Waals surface area contributed by atoms with Crippen LogP contribution in [0.5, 0.6) is 17.2 Å². The van der Waals surface area contributed by atoms with E-state index in [2.05, 4.69) is 47.4 Å². The SMILES string of the molecule is COc1cc(C(=O)Oc2c(Br)cc(Br)cc2C=NNC(=O)c2[nH]c3ccc(F)cc3c2-c2ccccc2Cl)ccc1OC(C)=O. The number of carbonyl (C=O) groups is 3. The number of benzene rings is 4. The molecule has 0 aliphatic carbocycles. The molecule has 0 unspecified atom stereocenters. The van der Waals surface area contributed by atoms with Gasteiger partial charge in [0, 0.05) is 44.0 Å². The van der Waals surface area contributed by atoms with Gasteiger partial charge >= 0.3 is 11.9 Å². The molecule has 9 nitrogen and oxygen atoms in total. The molecule has 1 heterocycles. The first-order chi connectivity index (χ1) is 21.5. The zero-order valence-electron chi connectivity index (χ0n) is 23.4. The number of methoxy groups -OCH3 is 1. The molecule has 13 heteroatoms. The lowest BCUT2D eigenvalue weighted by Crippen LogP contribution is -2.19. The molecule has 1 aromatic heterocycles. The Balaban J connectivity index is 1.43. The Bertz CT molecular complexity index is 2010. The second-order valence-corrected chi connectivity index (χ2v) is 11.6. The Morgan fingerprint density at radius 2 is 1.76 bits per heavy atom.